The molecule has 0 unspecified atom stereocenters. The van der Waals surface area contributed by atoms with Crippen molar-refractivity contribution < 1.29 is 14.3 Å². The van der Waals surface area contributed by atoms with E-state index in [1.165, 1.54) is 15.9 Å². The van der Waals surface area contributed by atoms with E-state index < -0.39 is 0 Å². The number of aromatic nitrogens is 1. The Balaban J connectivity index is 1.68. The number of carbonyl (C=O) groups excluding carboxylic acids is 1. The summed E-state index contributed by atoms with van der Waals surface area (Å²) in [7, 11) is 0. The van der Waals surface area contributed by atoms with Crippen molar-refractivity contribution in [2.45, 2.75) is 19.4 Å². The lowest BCUT2D eigenvalue weighted by Crippen LogP contribution is -2.36. The van der Waals surface area contributed by atoms with Crippen LogP contribution in [-0.4, -0.2) is 35.3 Å². The van der Waals surface area contributed by atoms with Crippen molar-refractivity contribution >= 4 is 28.9 Å². The molecular weight excluding hydrogens is 438 g/mol. The summed E-state index contributed by atoms with van der Waals surface area (Å²) in [6.45, 7) is 1.72. The van der Waals surface area contributed by atoms with E-state index in [1.54, 1.807) is 17.0 Å². The van der Waals surface area contributed by atoms with Crippen LogP contribution in [0.5, 0.6) is 11.5 Å². The average Bonchev–Trinajstić information content (AvgIpc) is 3.58. The van der Waals surface area contributed by atoms with Gasteiger partial charge in [0.15, 0.2) is 17.1 Å². The van der Waals surface area contributed by atoms with E-state index in [2.05, 4.69) is 6.07 Å². The van der Waals surface area contributed by atoms with Crippen LogP contribution in [0.15, 0.2) is 53.3 Å². The molecule has 7 nitrogen and oxygen atoms in total. The minimum absolute atomic E-state index is 0.0141. The summed E-state index contributed by atoms with van der Waals surface area (Å²) in [5.74, 6) is 0.975. The number of rotatable bonds is 4. The molecule has 2 aliphatic heterocycles. The number of benzene rings is 2. The van der Waals surface area contributed by atoms with Gasteiger partial charge in [0.2, 0.25) is 6.79 Å². The molecule has 1 saturated heterocycles. The van der Waals surface area contributed by atoms with Gasteiger partial charge in [-0.1, -0.05) is 36.4 Å². The van der Waals surface area contributed by atoms with Gasteiger partial charge in [0.25, 0.3) is 11.5 Å². The number of hydrogen-bond donors (Lipinski definition) is 0. The maximum Gasteiger partial charge on any atom is 0.269 e. The summed E-state index contributed by atoms with van der Waals surface area (Å²) < 4.78 is 13.2. The summed E-state index contributed by atoms with van der Waals surface area (Å²) in [6, 6.07) is 17.1. The van der Waals surface area contributed by atoms with Crippen LogP contribution in [0.1, 0.15) is 24.0 Å². The van der Waals surface area contributed by atoms with Crippen molar-refractivity contribution in [2.24, 2.45) is 0 Å². The average molecular weight is 460 g/mol. The van der Waals surface area contributed by atoms with Crippen molar-refractivity contribution in [1.29, 1.82) is 5.26 Å². The van der Waals surface area contributed by atoms with Crippen LogP contribution in [0.4, 0.5) is 0 Å². The van der Waals surface area contributed by atoms with Crippen LogP contribution in [-0.2, 0) is 11.3 Å². The van der Waals surface area contributed by atoms with Gasteiger partial charge in [0.05, 0.1) is 11.1 Å². The van der Waals surface area contributed by atoms with Gasteiger partial charge in [-0.3, -0.25) is 14.2 Å². The summed E-state index contributed by atoms with van der Waals surface area (Å²) in [6.07, 6.45) is 3.61. The van der Waals surface area contributed by atoms with E-state index >= 15 is 0 Å². The molecule has 0 saturated carbocycles. The maximum absolute atomic E-state index is 13.4. The zero-order valence-corrected chi connectivity index (χ0v) is 18.6. The Morgan fingerprint density at radius 2 is 1.85 bits per heavy atom. The van der Waals surface area contributed by atoms with Crippen LogP contribution in [0.25, 0.3) is 11.6 Å². The van der Waals surface area contributed by atoms with Crippen LogP contribution < -0.4 is 24.2 Å². The van der Waals surface area contributed by atoms with E-state index in [4.69, 9.17) is 9.47 Å². The number of carbonyl (C=O) groups is 1. The molecule has 1 aromatic heterocycles. The molecule has 0 spiro atoms. The Morgan fingerprint density at radius 3 is 2.61 bits per heavy atom. The van der Waals surface area contributed by atoms with E-state index in [-0.39, 0.29) is 30.4 Å². The summed E-state index contributed by atoms with van der Waals surface area (Å²) in [4.78, 5) is 28.2. The minimum Gasteiger partial charge on any atom is -0.454 e. The molecule has 5 rings (SSSR count). The smallest absolute Gasteiger partial charge is 0.269 e. The topological polar surface area (TPSA) is 84.6 Å². The first-order valence-corrected chi connectivity index (χ1v) is 11.5. The Morgan fingerprint density at radius 1 is 1.09 bits per heavy atom. The van der Waals surface area contributed by atoms with E-state index in [0.717, 1.165) is 24.0 Å². The van der Waals surface area contributed by atoms with E-state index in [1.807, 2.05) is 42.5 Å². The third-order valence-electron chi connectivity index (χ3n) is 5.72. The normalized spacial score (nSPS) is 16.1. The monoisotopic (exact) mass is 459 g/mol. The lowest BCUT2D eigenvalue weighted by molar-refractivity contribution is -0.123. The van der Waals surface area contributed by atoms with Gasteiger partial charge in [0, 0.05) is 13.1 Å². The molecule has 0 N–H and O–H groups in total. The Bertz CT molecular complexity index is 1430. The van der Waals surface area contributed by atoms with Gasteiger partial charge in [-0.05, 0) is 42.2 Å². The molecule has 0 aliphatic carbocycles. The Hall–Kier alpha value is -3.83. The first kappa shape index (κ1) is 21.0. The summed E-state index contributed by atoms with van der Waals surface area (Å²) in [5, 5.41) is 9.91. The number of nitrogens with zero attached hydrogens (tertiary/aromatic N) is 3. The summed E-state index contributed by atoms with van der Waals surface area (Å²) in [5.41, 5.74) is 1.47. The molecule has 33 heavy (non-hydrogen) atoms. The van der Waals surface area contributed by atoms with Gasteiger partial charge >= 0.3 is 0 Å². The van der Waals surface area contributed by atoms with E-state index in [9.17, 15) is 14.9 Å². The molecule has 2 aromatic carbocycles. The molecule has 1 amide bonds. The zero-order chi connectivity index (χ0) is 22.8. The molecule has 3 aromatic rings. The first-order chi connectivity index (χ1) is 16.1. The minimum atomic E-state index is -0.312. The van der Waals surface area contributed by atoms with Crippen molar-refractivity contribution in [3.63, 3.8) is 0 Å². The number of ether oxygens (including phenoxy) is 2. The lowest BCUT2D eigenvalue weighted by Gasteiger charge is -2.14. The van der Waals surface area contributed by atoms with Gasteiger partial charge in [0.1, 0.15) is 10.7 Å². The number of likely N-dealkylation sites (tertiary alicyclic amines) is 1. The van der Waals surface area contributed by atoms with Gasteiger partial charge in [-0.15, -0.1) is 11.3 Å². The molecule has 3 heterocycles. The largest absolute Gasteiger partial charge is 0.454 e. The SMILES string of the molecule is N#C/C(C(=O)N1CCCC1)=c1/s/c(=C\c2ccc3c(c2)OCO3)c(=O)n1Cc1ccccc1. The fourth-order valence-electron chi connectivity index (χ4n) is 4.03. The second-order valence-electron chi connectivity index (χ2n) is 7.89. The highest BCUT2D eigenvalue weighted by Gasteiger charge is 2.24. The molecule has 8 heteroatoms. The third kappa shape index (κ3) is 4.15. The Kier molecular flexibility index (Phi) is 5.71. The predicted octanol–water partition coefficient (Wildman–Crippen LogP) is 1.81. The quantitative estimate of drug-likeness (QED) is 0.594. The highest BCUT2D eigenvalue weighted by molar-refractivity contribution is 7.07. The van der Waals surface area contributed by atoms with Gasteiger partial charge < -0.3 is 14.4 Å². The van der Waals surface area contributed by atoms with Gasteiger partial charge in [-0.2, -0.15) is 5.26 Å². The van der Waals surface area contributed by atoms with Crippen LogP contribution >= 0.6 is 11.3 Å². The molecule has 166 valence electrons. The highest BCUT2D eigenvalue weighted by Crippen LogP contribution is 2.32. The van der Waals surface area contributed by atoms with Crippen molar-refractivity contribution in [3.8, 4) is 17.6 Å². The second-order valence-corrected chi connectivity index (χ2v) is 8.92. The standard InChI is InChI=1S/C25H21N3O4S/c26-14-19(23(29)27-10-4-5-11-27)25-28(15-17-6-2-1-3-7-17)24(30)22(33-25)13-18-8-9-20-21(12-18)32-16-31-20/h1-3,6-9,12-13H,4-5,10-11,15-16H2/b22-13-,25-19-. The van der Waals surface area contributed by atoms with Gasteiger partial charge in [-0.25, -0.2) is 0 Å². The number of nitriles is 1. The number of fused-ring (bicyclic) bond motifs is 1. The van der Waals surface area contributed by atoms with Crippen LogP contribution in [0.2, 0.25) is 0 Å². The third-order valence-corrected chi connectivity index (χ3v) is 6.85. The van der Waals surface area contributed by atoms with Crippen LogP contribution in [0, 0.1) is 11.3 Å². The predicted molar refractivity (Wildman–Crippen MR) is 124 cm³/mol. The van der Waals surface area contributed by atoms with Crippen LogP contribution in [0.3, 0.4) is 0 Å². The summed E-state index contributed by atoms with van der Waals surface area (Å²) >= 11 is 1.17. The molecule has 1 fully saturated rings. The maximum atomic E-state index is 13.4. The fourth-order valence-corrected chi connectivity index (χ4v) is 5.13. The second kappa shape index (κ2) is 8.96. The Labute approximate surface area is 194 Å². The molecular formula is C25H21N3O4S. The lowest BCUT2D eigenvalue weighted by atomic mass is 10.2. The number of thiazole rings is 1. The molecule has 0 bridgehead atoms. The molecule has 2 aliphatic rings. The van der Waals surface area contributed by atoms with Crippen molar-refractivity contribution in [2.75, 3.05) is 19.9 Å². The molecule has 0 atom stereocenters. The highest BCUT2D eigenvalue weighted by atomic mass is 32.1. The zero-order valence-electron chi connectivity index (χ0n) is 17.8. The van der Waals surface area contributed by atoms with E-state index in [0.29, 0.717) is 33.8 Å². The first-order valence-electron chi connectivity index (χ1n) is 10.7. The van der Waals surface area contributed by atoms with Crippen molar-refractivity contribution in [3.05, 3.63) is 79.2 Å². The fraction of sp³-hybridized carbons (Fsp3) is 0.240. The molecule has 0 radical (unpaired) electrons. The van der Waals surface area contributed by atoms with Crippen molar-refractivity contribution in [1.82, 2.24) is 9.47 Å². The number of amides is 1. The number of hydrogen-bond acceptors (Lipinski definition) is 6.